The summed E-state index contributed by atoms with van der Waals surface area (Å²) in [6.45, 7) is 3.44. The van der Waals surface area contributed by atoms with E-state index in [1.807, 2.05) is 6.92 Å². The number of aliphatic hydroxyl groups excluding tert-OH is 1. The van der Waals surface area contributed by atoms with Gasteiger partial charge >= 0.3 is 0 Å². The van der Waals surface area contributed by atoms with Gasteiger partial charge in [0, 0.05) is 37.4 Å². The first kappa shape index (κ1) is 14.3. The van der Waals surface area contributed by atoms with Crippen LogP contribution < -0.4 is 5.32 Å². The van der Waals surface area contributed by atoms with E-state index >= 15 is 0 Å². The minimum Gasteiger partial charge on any atom is -0.396 e. The van der Waals surface area contributed by atoms with Crippen LogP contribution in [0.3, 0.4) is 0 Å². The summed E-state index contributed by atoms with van der Waals surface area (Å²) in [7, 11) is 0. The number of hydrogen-bond donors (Lipinski definition) is 2. The minimum absolute atomic E-state index is 0.00808. The first-order valence-electron chi connectivity index (χ1n) is 7.23. The highest BCUT2D eigenvalue weighted by molar-refractivity contribution is 5.80. The summed E-state index contributed by atoms with van der Waals surface area (Å²) in [5, 5.41) is 12.5. The maximum Gasteiger partial charge on any atom is 0.222 e. The van der Waals surface area contributed by atoms with Crippen molar-refractivity contribution >= 4 is 11.8 Å². The Labute approximate surface area is 114 Å². The number of rotatable bonds is 5. The highest BCUT2D eigenvalue weighted by atomic mass is 16.3. The van der Waals surface area contributed by atoms with Crippen LogP contribution in [0.5, 0.6) is 0 Å². The number of nitrogens with zero attached hydrogens (tertiary/aromatic N) is 1. The molecule has 1 saturated carbocycles. The molecule has 2 fully saturated rings. The Balaban J connectivity index is 1.76. The van der Waals surface area contributed by atoms with Gasteiger partial charge in [0.2, 0.25) is 11.8 Å². The van der Waals surface area contributed by atoms with Crippen LogP contribution in [0.25, 0.3) is 0 Å². The molecule has 0 aromatic rings. The fraction of sp³-hybridized carbons (Fsp3) is 0.857. The Hall–Kier alpha value is -1.10. The number of amides is 2. The SMILES string of the molecule is CC1(CO)CCCC1NC(=O)CCN1CCCC1=O. The lowest BCUT2D eigenvalue weighted by molar-refractivity contribution is -0.128. The third kappa shape index (κ3) is 3.26. The molecule has 2 amide bonds. The smallest absolute Gasteiger partial charge is 0.222 e. The molecule has 1 heterocycles. The molecule has 108 valence electrons. The van der Waals surface area contributed by atoms with Crippen LogP contribution in [-0.2, 0) is 9.59 Å². The number of nitrogens with one attached hydrogen (secondary N) is 1. The van der Waals surface area contributed by atoms with Gasteiger partial charge in [-0.3, -0.25) is 9.59 Å². The fourth-order valence-electron chi connectivity index (χ4n) is 3.11. The Morgan fingerprint density at radius 1 is 1.53 bits per heavy atom. The minimum atomic E-state index is -0.181. The number of likely N-dealkylation sites (tertiary alicyclic amines) is 1. The van der Waals surface area contributed by atoms with E-state index in [4.69, 9.17) is 0 Å². The van der Waals surface area contributed by atoms with Crippen LogP contribution in [0.1, 0.15) is 45.4 Å². The molecule has 2 rings (SSSR count). The molecule has 1 aliphatic carbocycles. The summed E-state index contributed by atoms with van der Waals surface area (Å²) in [5.41, 5.74) is -0.181. The lowest BCUT2D eigenvalue weighted by Gasteiger charge is -2.30. The quantitative estimate of drug-likeness (QED) is 0.770. The molecule has 0 radical (unpaired) electrons. The van der Waals surface area contributed by atoms with Crippen LogP contribution >= 0.6 is 0 Å². The molecular formula is C14H24N2O3. The Morgan fingerprint density at radius 3 is 2.95 bits per heavy atom. The third-order valence-electron chi connectivity index (χ3n) is 4.56. The molecule has 0 aromatic heterocycles. The molecule has 5 heteroatoms. The topological polar surface area (TPSA) is 69.6 Å². The molecule has 2 aliphatic rings. The van der Waals surface area contributed by atoms with Gasteiger partial charge in [0.1, 0.15) is 0 Å². The third-order valence-corrected chi connectivity index (χ3v) is 4.56. The molecule has 2 unspecified atom stereocenters. The van der Waals surface area contributed by atoms with Crippen molar-refractivity contribution in [2.24, 2.45) is 5.41 Å². The molecule has 19 heavy (non-hydrogen) atoms. The molecule has 0 spiro atoms. The molecular weight excluding hydrogens is 244 g/mol. The van der Waals surface area contributed by atoms with Gasteiger partial charge < -0.3 is 15.3 Å². The Kier molecular flexibility index (Phi) is 4.45. The van der Waals surface area contributed by atoms with Crippen molar-refractivity contribution in [2.45, 2.75) is 51.5 Å². The van der Waals surface area contributed by atoms with E-state index in [9.17, 15) is 14.7 Å². The van der Waals surface area contributed by atoms with Crippen LogP contribution in [0.4, 0.5) is 0 Å². The van der Waals surface area contributed by atoms with E-state index in [0.29, 0.717) is 19.4 Å². The summed E-state index contributed by atoms with van der Waals surface area (Å²) < 4.78 is 0. The van der Waals surface area contributed by atoms with Crippen molar-refractivity contribution in [3.05, 3.63) is 0 Å². The van der Waals surface area contributed by atoms with Gasteiger partial charge in [0.25, 0.3) is 0 Å². The number of aliphatic hydroxyl groups is 1. The summed E-state index contributed by atoms with van der Waals surface area (Å²) in [4.78, 5) is 25.1. The standard InChI is InChI=1S/C14H24N2O3/c1-14(10-17)7-2-4-11(14)15-12(18)6-9-16-8-3-5-13(16)19/h11,17H,2-10H2,1H3,(H,15,18). The highest BCUT2D eigenvalue weighted by Crippen LogP contribution is 2.37. The zero-order valence-corrected chi connectivity index (χ0v) is 11.7. The van der Waals surface area contributed by atoms with Crippen molar-refractivity contribution in [1.82, 2.24) is 10.2 Å². The first-order valence-corrected chi connectivity index (χ1v) is 7.23. The number of hydrogen-bond acceptors (Lipinski definition) is 3. The molecule has 5 nitrogen and oxygen atoms in total. The molecule has 1 saturated heterocycles. The predicted octanol–water partition coefficient (Wildman–Crippen LogP) is 0.666. The van der Waals surface area contributed by atoms with Crippen LogP contribution in [-0.4, -0.2) is 47.6 Å². The lowest BCUT2D eigenvalue weighted by Crippen LogP contribution is -2.45. The number of carbonyl (C=O) groups excluding carboxylic acids is 2. The van der Waals surface area contributed by atoms with Crippen molar-refractivity contribution < 1.29 is 14.7 Å². The van der Waals surface area contributed by atoms with Crippen molar-refractivity contribution in [3.63, 3.8) is 0 Å². The van der Waals surface area contributed by atoms with E-state index in [2.05, 4.69) is 5.32 Å². The van der Waals surface area contributed by atoms with Crippen molar-refractivity contribution in [1.29, 1.82) is 0 Å². The molecule has 0 aromatic carbocycles. The zero-order chi connectivity index (χ0) is 13.9. The van der Waals surface area contributed by atoms with Crippen molar-refractivity contribution in [3.8, 4) is 0 Å². The lowest BCUT2D eigenvalue weighted by atomic mass is 9.86. The molecule has 1 aliphatic heterocycles. The second-order valence-corrected chi connectivity index (χ2v) is 6.06. The first-order chi connectivity index (χ1) is 9.05. The monoisotopic (exact) mass is 268 g/mol. The second kappa shape index (κ2) is 5.90. The fourth-order valence-corrected chi connectivity index (χ4v) is 3.11. The van der Waals surface area contributed by atoms with Gasteiger partial charge in [0.05, 0.1) is 6.61 Å². The van der Waals surface area contributed by atoms with Crippen LogP contribution in [0.2, 0.25) is 0 Å². The molecule has 2 N–H and O–H groups in total. The van der Waals surface area contributed by atoms with E-state index < -0.39 is 0 Å². The normalized spacial score (nSPS) is 30.9. The average molecular weight is 268 g/mol. The van der Waals surface area contributed by atoms with Crippen molar-refractivity contribution in [2.75, 3.05) is 19.7 Å². The summed E-state index contributed by atoms with van der Waals surface area (Å²) in [6.07, 6.45) is 4.83. The van der Waals surface area contributed by atoms with Gasteiger partial charge in [-0.25, -0.2) is 0 Å². The van der Waals surface area contributed by atoms with Crippen LogP contribution in [0.15, 0.2) is 0 Å². The Bertz CT molecular complexity index is 359. The number of carbonyl (C=O) groups is 2. The average Bonchev–Trinajstić information content (AvgIpc) is 2.95. The second-order valence-electron chi connectivity index (χ2n) is 6.06. The predicted molar refractivity (Wildman–Crippen MR) is 71.4 cm³/mol. The van der Waals surface area contributed by atoms with Gasteiger partial charge in [-0.2, -0.15) is 0 Å². The van der Waals surface area contributed by atoms with Crippen LogP contribution in [0, 0.1) is 5.41 Å². The van der Waals surface area contributed by atoms with E-state index in [-0.39, 0.29) is 29.9 Å². The maximum absolute atomic E-state index is 11.9. The zero-order valence-electron chi connectivity index (χ0n) is 11.7. The van der Waals surface area contributed by atoms with E-state index in [0.717, 1.165) is 32.2 Å². The summed E-state index contributed by atoms with van der Waals surface area (Å²) >= 11 is 0. The van der Waals surface area contributed by atoms with Gasteiger partial charge in [-0.05, 0) is 19.3 Å². The summed E-state index contributed by atoms with van der Waals surface area (Å²) in [5.74, 6) is 0.153. The van der Waals surface area contributed by atoms with Gasteiger partial charge in [-0.15, -0.1) is 0 Å². The Morgan fingerprint density at radius 2 is 2.32 bits per heavy atom. The molecule has 0 bridgehead atoms. The van der Waals surface area contributed by atoms with Gasteiger partial charge in [-0.1, -0.05) is 13.3 Å². The van der Waals surface area contributed by atoms with Gasteiger partial charge in [0.15, 0.2) is 0 Å². The maximum atomic E-state index is 11.9. The van der Waals surface area contributed by atoms with E-state index in [1.165, 1.54) is 0 Å². The van der Waals surface area contributed by atoms with E-state index in [1.54, 1.807) is 4.90 Å². The summed E-state index contributed by atoms with van der Waals surface area (Å²) in [6, 6.07) is 0.0688. The highest BCUT2D eigenvalue weighted by Gasteiger charge is 2.39. The molecule has 2 atom stereocenters. The largest absolute Gasteiger partial charge is 0.396 e.